The second-order valence-electron chi connectivity index (χ2n) is 6.84. The van der Waals surface area contributed by atoms with Gasteiger partial charge >= 0.3 is 5.97 Å². The number of benzene rings is 2. The lowest BCUT2D eigenvalue weighted by Crippen LogP contribution is -2.51. The Kier molecular flexibility index (Phi) is 2.26. The molecule has 3 aliphatic carbocycles. The molecule has 0 aliphatic heterocycles. The second-order valence-corrected chi connectivity index (χ2v) is 6.84. The van der Waals surface area contributed by atoms with Crippen LogP contribution in [0.2, 0.25) is 0 Å². The highest BCUT2D eigenvalue weighted by atomic mass is 16.4. The molecule has 5 rings (SSSR count). The quantitative estimate of drug-likeness (QED) is 0.858. The Labute approximate surface area is 124 Å². The van der Waals surface area contributed by atoms with Crippen LogP contribution in [-0.2, 0) is 10.2 Å². The van der Waals surface area contributed by atoms with E-state index >= 15 is 0 Å². The maximum Gasteiger partial charge on any atom is 0.310 e. The van der Waals surface area contributed by atoms with Crippen molar-refractivity contribution in [2.24, 2.45) is 5.41 Å². The monoisotopic (exact) mass is 278 g/mol. The van der Waals surface area contributed by atoms with Crippen LogP contribution in [0.25, 0.3) is 0 Å². The standard InChI is InChI=1S/C19H18O2/c1-18-11-19(2,17(20)21)16(12-7-3-5-9-14(12)18)13-8-4-6-10-15(13)18/h3-10,16H,11H2,1-2H3,(H,20,21). The molecule has 0 saturated carbocycles. The van der Waals surface area contributed by atoms with Gasteiger partial charge in [-0.3, -0.25) is 4.79 Å². The minimum atomic E-state index is -0.739. The van der Waals surface area contributed by atoms with Crippen LogP contribution in [0, 0.1) is 5.41 Å². The lowest BCUT2D eigenvalue weighted by atomic mass is 9.47. The first-order valence-electron chi connectivity index (χ1n) is 7.41. The van der Waals surface area contributed by atoms with Crippen molar-refractivity contribution in [1.29, 1.82) is 0 Å². The van der Waals surface area contributed by atoms with Crippen LogP contribution in [0.1, 0.15) is 48.4 Å². The van der Waals surface area contributed by atoms with Gasteiger partial charge in [0, 0.05) is 11.3 Å². The summed E-state index contributed by atoms with van der Waals surface area (Å²) in [6, 6.07) is 16.7. The highest BCUT2D eigenvalue weighted by Crippen LogP contribution is 2.63. The van der Waals surface area contributed by atoms with Crippen molar-refractivity contribution in [2.45, 2.75) is 31.6 Å². The van der Waals surface area contributed by atoms with Crippen molar-refractivity contribution < 1.29 is 9.90 Å². The van der Waals surface area contributed by atoms with E-state index in [1.165, 1.54) is 22.3 Å². The molecular weight excluding hydrogens is 260 g/mol. The van der Waals surface area contributed by atoms with Gasteiger partial charge in [-0.15, -0.1) is 0 Å². The first-order valence-corrected chi connectivity index (χ1v) is 7.41. The van der Waals surface area contributed by atoms with Gasteiger partial charge in [0.05, 0.1) is 5.41 Å². The Balaban J connectivity index is 2.12. The average molecular weight is 278 g/mol. The van der Waals surface area contributed by atoms with E-state index in [0.29, 0.717) is 6.42 Å². The van der Waals surface area contributed by atoms with E-state index < -0.39 is 11.4 Å². The van der Waals surface area contributed by atoms with Crippen LogP contribution < -0.4 is 0 Å². The molecule has 0 spiro atoms. The van der Waals surface area contributed by atoms with Crippen molar-refractivity contribution in [3.05, 3.63) is 70.8 Å². The molecule has 0 heterocycles. The number of carboxylic acid groups (broad SMARTS) is 1. The summed E-state index contributed by atoms with van der Waals surface area (Å²) in [5, 5.41) is 9.89. The van der Waals surface area contributed by atoms with E-state index in [4.69, 9.17) is 0 Å². The predicted octanol–water partition coefficient (Wildman–Crippen LogP) is 3.93. The van der Waals surface area contributed by atoms with Crippen LogP contribution >= 0.6 is 0 Å². The molecule has 1 unspecified atom stereocenters. The number of aliphatic carboxylic acids is 1. The van der Waals surface area contributed by atoms with Crippen LogP contribution in [0.15, 0.2) is 48.5 Å². The molecule has 2 nitrogen and oxygen atoms in total. The molecule has 3 aliphatic rings. The molecule has 0 amide bonds. The van der Waals surface area contributed by atoms with Crippen molar-refractivity contribution in [3.8, 4) is 0 Å². The van der Waals surface area contributed by atoms with E-state index in [1.54, 1.807) is 0 Å². The van der Waals surface area contributed by atoms with Gasteiger partial charge in [-0.2, -0.15) is 0 Å². The van der Waals surface area contributed by atoms with Crippen LogP contribution in [0.4, 0.5) is 0 Å². The van der Waals surface area contributed by atoms with Gasteiger partial charge in [0.1, 0.15) is 0 Å². The van der Waals surface area contributed by atoms with Gasteiger partial charge in [0.2, 0.25) is 0 Å². The fraction of sp³-hybridized carbons (Fsp3) is 0.316. The molecule has 2 bridgehead atoms. The Morgan fingerprint density at radius 3 is 1.95 bits per heavy atom. The molecule has 2 aromatic carbocycles. The Morgan fingerprint density at radius 1 is 1.00 bits per heavy atom. The fourth-order valence-electron chi connectivity index (χ4n) is 4.73. The number of hydrogen-bond acceptors (Lipinski definition) is 1. The van der Waals surface area contributed by atoms with E-state index in [1.807, 2.05) is 19.1 Å². The third-order valence-corrected chi connectivity index (χ3v) is 5.58. The maximum absolute atomic E-state index is 12.0. The normalized spacial score (nSPS) is 32.4. The van der Waals surface area contributed by atoms with Gasteiger partial charge in [0.15, 0.2) is 0 Å². The SMILES string of the molecule is CC12CC(C)(C(=O)O)C(c3ccccc31)c1ccccc12. The molecule has 0 radical (unpaired) electrons. The largest absolute Gasteiger partial charge is 0.481 e. The molecule has 0 fully saturated rings. The first kappa shape index (κ1) is 12.6. The smallest absolute Gasteiger partial charge is 0.310 e. The number of rotatable bonds is 1. The summed E-state index contributed by atoms with van der Waals surface area (Å²) >= 11 is 0. The molecule has 2 aromatic rings. The van der Waals surface area contributed by atoms with Crippen LogP contribution in [-0.4, -0.2) is 11.1 Å². The van der Waals surface area contributed by atoms with Gasteiger partial charge in [-0.25, -0.2) is 0 Å². The van der Waals surface area contributed by atoms with Gasteiger partial charge < -0.3 is 5.11 Å². The first-order chi connectivity index (χ1) is 9.98. The van der Waals surface area contributed by atoms with Gasteiger partial charge in [-0.05, 0) is 35.6 Å². The second kappa shape index (κ2) is 3.76. The summed E-state index contributed by atoms with van der Waals surface area (Å²) < 4.78 is 0. The molecule has 0 saturated heterocycles. The summed E-state index contributed by atoms with van der Waals surface area (Å²) in [5.41, 5.74) is 4.02. The van der Waals surface area contributed by atoms with E-state index in [9.17, 15) is 9.90 Å². The molecule has 106 valence electrons. The van der Waals surface area contributed by atoms with Gasteiger partial charge in [-0.1, -0.05) is 55.5 Å². The average Bonchev–Trinajstić information content (AvgIpc) is 2.47. The highest BCUT2D eigenvalue weighted by Gasteiger charge is 2.58. The Morgan fingerprint density at radius 2 is 1.48 bits per heavy atom. The van der Waals surface area contributed by atoms with E-state index in [0.717, 1.165) is 0 Å². The summed E-state index contributed by atoms with van der Waals surface area (Å²) in [7, 11) is 0. The van der Waals surface area contributed by atoms with Crippen molar-refractivity contribution in [2.75, 3.05) is 0 Å². The minimum absolute atomic E-state index is 0.0516. The molecule has 0 aromatic heterocycles. The van der Waals surface area contributed by atoms with E-state index in [2.05, 4.69) is 43.3 Å². The lowest BCUT2D eigenvalue weighted by molar-refractivity contribution is -0.151. The Bertz CT molecular complexity index is 714. The van der Waals surface area contributed by atoms with Crippen molar-refractivity contribution in [3.63, 3.8) is 0 Å². The third kappa shape index (κ3) is 1.35. The maximum atomic E-state index is 12.0. The van der Waals surface area contributed by atoms with Crippen LogP contribution in [0.3, 0.4) is 0 Å². The van der Waals surface area contributed by atoms with Crippen molar-refractivity contribution >= 4 is 5.97 Å². The number of fused-ring (bicyclic) bond motifs is 1. The third-order valence-electron chi connectivity index (χ3n) is 5.58. The predicted molar refractivity (Wildman–Crippen MR) is 81.5 cm³/mol. The highest BCUT2D eigenvalue weighted by molar-refractivity contribution is 5.80. The van der Waals surface area contributed by atoms with Gasteiger partial charge in [0.25, 0.3) is 0 Å². The zero-order valence-corrected chi connectivity index (χ0v) is 12.3. The summed E-state index contributed by atoms with van der Waals surface area (Å²) in [5.74, 6) is -0.744. The molecule has 1 N–H and O–H groups in total. The molecule has 2 heteroatoms. The molecular formula is C19H18O2. The molecule has 21 heavy (non-hydrogen) atoms. The number of hydrogen-bond donors (Lipinski definition) is 1. The number of carboxylic acids is 1. The topological polar surface area (TPSA) is 37.3 Å². The minimum Gasteiger partial charge on any atom is -0.481 e. The fourth-order valence-corrected chi connectivity index (χ4v) is 4.73. The van der Waals surface area contributed by atoms with Crippen LogP contribution in [0.5, 0.6) is 0 Å². The molecule has 1 atom stereocenters. The zero-order valence-electron chi connectivity index (χ0n) is 12.3. The van der Waals surface area contributed by atoms with E-state index in [-0.39, 0.29) is 11.3 Å². The summed E-state index contributed by atoms with van der Waals surface area (Å²) in [6.45, 7) is 4.10. The summed E-state index contributed by atoms with van der Waals surface area (Å²) in [4.78, 5) is 12.0. The summed E-state index contributed by atoms with van der Waals surface area (Å²) in [6.07, 6.45) is 0.661. The van der Waals surface area contributed by atoms with Crippen molar-refractivity contribution in [1.82, 2.24) is 0 Å². The zero-order chi connectivity index (χ0) is 14.8. The number of carbonyl (C=O) groups is 1. The Hall–Kier alpha value is -2.09. The lowest BCUT2D eigenvalue weighted by Gasteiger charge is -2.55.